The fraction of sp³-hybridized carbons (Fsp3) is 0.750. The van der Waals surface area contributed by atoms with Gasteiger partial charge in [-0.05, 0) is 33.0 Å². The van der Waals surface area contributed by atoms with E-state index in [2.05, 4.69) is 22.1 Å². The zero-order valence-corrected chi connectivity index (χ0v) is 8.84. The van der Waals surface area contributed by atoms with E-state index >= 15 is 0 Å². The molecule has 1 aliphatic rings. The summed E-state index contributed by atoms with van der Waals surface area (Å²) in [4.78, 5) is 13.0. The molecule has 2 rings (SSSR count). The number of aromatic nitrogens is 2. The molecule has 1 aromatic heterocycles. The molecular formula is C8H14ClN3O2. The average molecular weight is 220 g/mol. The standard InChI is InChI=1S/C8H13N3O2.ClH/c1-11-4-2-6(3-5-11)7-9-10-8(12)13-7;/h6H,2-5H2,1H3,(H,10,12);1H. The number of piperidine rings is 1. The van der Waals surface area contributed by atoms with Gasteiger partial charge in [0.25, 0.3) is 0 Å². The lowest BCUT2D eigenvalue weighted by Gasteiger charge is -2.26. The highest BCUT2D eigenvalue weighted by atomic mass is 35.5. The Labute approximate surface area is 87.9 Å². The van der Waals surface area contributed by atoms with Gasteiger partial charge in [-0.3, -0.25) is 0 Å². The molecule has 1 aromatic rings. The molecule has 0 aromatic carbocycles. The number of H-pyrrole nitrogens is 1. The van der Waals surface area contributed by atoms with Crippen molar-refractivity contribution >= 4 is 12.4 Å². The quantitative estimate of drug-likeness (QED) is 0.751. The number of hydrogen-bond donors (Lipinski definition) is 1. The smallest absolute Gasteiger partial charge is 0.392 e. The van der Waals surface area contributed by atoms with Crippen molar-refractivity contribution in [3.63, 3.8) is 0 Å². The maximum Gasteiger partial charge on any atom is 0.434 e. The highest BCUT2D eigenvalue weighted by Gasteiger charge is 2.22. The predicted octanol–water partition coefficient (Wildman–Crippen LogP) is 0.594. The van der Waals surface area contributed by atoms with Gasteiger partial charge in [0.1, 0.15) is 0 Å². The Morgan fingerprint density at radius 3 is 2.64 bits per heavy atom. The number of nitrogens with one attached hydrogen (secondary N) is 1. The molecule has 0 unspecified atom stereocenters. The van der Waals surface area contributed by atoms with Crippen LogP contribution in [0.3, 0.4) is 0 Å². The van der Waals surface area contributed by atoms with Gasteiger partial charge in [0.15, 0.2) is 0 Å². The van der Waals surface area contributed by atoms with Gasteiger partial charge in [0, 0.05) is 5.92 Å². The van der Waals surface area contributed by atoms with Crippen molar-refractivity contribution in [1.29, 1.82) is 0 Å². The Bertz CT molecular complexity index is 327. The molecule has 0 aliphatic carbocycles. The van der Waals surface area contributed by atoms with E-state index in [1.165, 1.54) is 0 Å². The van der Waals surface area contributed by atoms with Crippen molar-refractivity contribution in [1.82, 2.24) is 15.1 Å². The molecule has 6 heteroatoms. The van der Waals surface area contributed by atoms with Gasteiger partial charge in [-0.1, -0.05) is 0 Å². The van der Waals surface area contributed by atoms with Gasteiger partial charge < -0.3 is 9.32 Å². The van der Waals surface area contributed by atoms with Crippen molar-refractivity contribution < 1.29 is 4.42 Å². The average Bonchev–Trinajstić information content (AvgIpc) is 2.53. The second-order valence-corrected chi connectivity index (χ2v) is 3.53. The van der Waals surface area contributed by atoms with Gasteiger partial charge in [0.2, 0.25) is 5.89 Å². The summed E-state index contributed by atoms with van der Waals surface area (Å²) in [6.07, 6.45) is 2.04. The van der Waals surface area contributed by atoms with Crippen molar-refractivity contribution in [2.75, 3.05) is 20.1 Å². The molecule has 14 heavy (non-hydrogen) atoms. The van der Waals surface area contributed by atoms with Crippen LogP contribution in [0.15, 0.2) is 9.21 Å². The Balaban J connectivity index is 0.000000980. The number of nitrogens with zero attached hydrogens (tertiary/aromatic N) is 2. The first-order valence-electron chi connectivity index (χ1n) is 4.49. The van der Waals surface area contributed by atoms with Gasteiger partial charge in [-0.2, -0.15) is 0 Å². The third-order valence-corrected chi connectivity index (χ3v) is 2.52. The first-order chi connectivity index (χ1) is 6.25. The van der Waals surface area contributed by atoms with Crippen molar-refractivity contribution in [2.45, 2.75) is 18.8 Å². The van der Waals surface area contributed by atoms with Crippen molar-refractivity contribution in [2.24, 2.45) is 0 Å². The summed E-state index contributed by atoms with van der Waals surface area (Å²) in [5, 5.41) is 6.13. The monoisotopic (exact) mass is 219 g/mol. The first kappa shape index (κ1) is 11.3. The number of halogens is 1. The van der Waals surface area contributed by atoms with Crippen LogP contribution in [0.4, 0.5) is 0 Å². The molecular weight excluding hydrogens is 206 g/mol. The predicted molar refractivity (Wildman–Crippen MR) is 53.8 cm³/mol. The minimum Gasteiger partial charge on any atom is -0.392 e. The number of aromatic amines is 1. The van der Waals surface area contributed by atoms with Crippen LogP contribution in [0, 0.1) is 0 Å². The summed E-state index contributed by atoms with van der Waals surface area (Å²) in [5.41, 5.74) is 0. The Morgan fingerprint density at radius 2 is 2.14 bits per heavy atom. The molecule has 1 saturated heterocycles. The SMILES string of the molecule is CN1CCC(c2n[nH]c(=O)o2)CC1.Cl. The van der Waals surface area contributed by atoms with Crippen LogP contribution < -0.4 is 5.76 Å². The molecule has 1 aliphatic heterocycles. The third-order valence-electron chi connectivity index (χ3n) is 2.52. The molecule has 0 bridgehead atoms. The van der Waals surface area contributed by atoms with E-state index in [1.807, 2.05) is 0 Å². The minimum absolute atomic E-state index is 0. The zero-order chi connectivity index (χ0) is 9.26. The first-order valence-corrected chi connectivity index (χ1v) is 4.49. The van der Waals surface area contributed by atoms with Crippen LogP contribution in [0.2, 0.25) is 0 Å². The summed E-state index contributed by atoms with van der Waals surface area (Å²) in [5.74, 6) is 0.433. The molecule has 80 valence electrons. The molecule has 0 atom stereocenters. The van der Waals surface area contributed by atoms with Crippen LogP contribution in [0.1, 0.15) is 24.7 Å². The van der Waals surface area contributed by atoms with E-state index in [4.69, 9.17) is 4.42 Å². The van der Waals surface area contributed by atoms with Crippen LogP contribution in [-0.2, 0) is 0 Å². The lowest BCUT2D eigenvalue weighted by molar-refractivity contribution is 0.235. The fourth-order valence-electron chi connectivity index (χ4n) is 1.67. The van der Waals surface area contributed by atoms with Gasteiger partial charge in [-0.25, -0.2) is 9.89 Å². The molecule has 0 amide bonds. The highest BCUT2D eigenvalue weighted by molar-refractivity contribution is 5.85. The van der Waals surface area contributed by atoms with E-state index in [1.54, 1.807) is 0 Å². The van der Waals surface area contributed by atoms with Gasteiger partial charge in [0.05, 0.1) is 0 Å². The van der Waals surface area contributed by atoms with Crippen molar-refractivity contribution in [3.8, 4) is 0 Å². The van der Waals surface area contributed by atoms with E-state index in [9.17, 15) is 4.79 Å². The Kier molecular flexibility index (Phi) is 3.71. The van der Waals surface area contributed by atoms with Crippen LogP contribution in [0.5, 0.6) is 0 Å². The molecule has 0 radical (unpaired) electrons. The summed E-state index contributed by atoms with van der Waals surface area (Å²) < 4.78 is 4.92. The maximum atomic E-state index is 10.7. The molecule has 0 spiro atoms. The van der Waals surface area contributed by atoms with Gasteiger partial charge >= 0.3 is 5.76 Å². The van der Waals surface area contributed by atoms with E-state index in [-0.39, 0.29) is 12.4 Å². The summed E-state index contributed by atoms with van der Waals surface area (Å²) >= 11 is 0. The number of likely N-dealkylation sites (tertiary alicyclic amines) is 1. The number of rotatable bonds is 1. The lowest BCUT2D eigenvalue weighted by Crippen LogP contribution is -2.29. The van der Waals surface area contributed by atoms with Crippen LogP contribution in [-0.4, -0.2) is 35.2 Å². The van der Waals surface area contributed by atoms with Crippen LogP contribution >= 0.6 is 12.4 Å². The minimum atomic E-state index is -0.450. The summed E-state index contributed by atoms with van der Waals surface area (Å²) in [6.45, 7) is 2.09. The highest BCUT2D eigenvalue weighted by Crippen LogP contribution is 2.24. The Morgan fingerprint density at radius 1 is 1.50 bits per heavy atom. The summed E-state index contributed by atoms with van der Waals surface area (Å²) in [7, 11) is 2.09. The maximum absolute atomic E-state index is 10.7. The van der Waals surface area contributed by atoms with E-state index in [0.29, 0.717) is 11.8 Å². The second-order valence-electron chi connectivity index (χ2n) is 3.53. The largest absolute Gasteiger partial charge is 0.434 e. The molecule has 1 fully saturated rings. The van der Waals surface area contributed by atoms with Gasteiger partial charge in [-0.15, -0.1) is 17.5 Å². The lowest BCUT2D eigenvalue weighted by atomic mass is 9.97. The van der Waals surface area contributed by atoms with E-state index < -0.39 is 5.76 Å². The topological polar surface area (TPSA) is 62.1 Å². The molecule has 0 saturated carbocycles. The molecule has 1 N–H and O–H groups in total. The molecule has 5 nitrogen and oxygen atoms in total. The van der Waals surface area contributed by atoms with Crippen molar-refractivity contribution in [3.05, 3.63) is 16.4 Å². The third kappa shape index (κ3) is 2.36. The van der Waals surface area contributed by atoms with Crippen LogP contribution in [0.25, 0.3) is 0 Å². The normalized spacial score (nSPS) is 19.2. The number of hydrogen-bond acceptors (Lipinski definition) is 4. The Hall–Kier alpha value is -0.810. The summed E-state index contributed by atoms with van der Waals surface area (Å²) in [6, 6.07) is 0. The van der Waals surface area contributed by atoms with E-state index in [0.717, 1.165) is 25.9 Å². The zero-order valence-electron chi connectivity index (χ0n) is 8.02. The fourth-order valence-corrected chi connectivity index (χ4v) is 1.67. The second kappa shape index (κ2) is 4.61. The molecule has 2 heterocycles.